The fourth-order valence-electron chi connectivity index (χ4n) is 0.479. The summed E-state index contributed by atoms with van der Waals surface area (Å²) in [7, 11) is 1.64. The van der Waals surface area contributed by atoms with E-state index in [9.17, 15) is 0 Å². The molecule has 8 heavy (non-hydrogen) atoms. The monoisotopic (exact) mass is 150 g/mol. The first-order chi connectivity index (χ1) is 3.77. The Morgan fingerprint density at radius 1 is 1.38 bits per heavy atom. The van der Waals surface area contributed by atoms with Gasteiger partial charge in [0, 0.05) is 0 Å². The molecule has 1 atom stereocenters. The molecule has 0 aromatic rings. The minimum Gasteiger partial charge on any atom is -0.118 e. The van der Waals surface area contributed by atoms with E-state index in [1.807, 2.05) is 0 Å². The van der Waals surface area contributed by atoms with E-state index in [4.69, 9.17) is 0 Å². The topological polar surface area (TPSA) is 0 Å². The van der Waals surface area contributed by atoms with Crippen molar-refractivity contribution in [1.29, 1.82) is 0 Å². The van der Waals surface area contributed by atoms with Crippen LogP contribution in [-0.4, -0.2) is 25.4 Å². The van der Waals surface area contributed by atoms with Crippen molar-refractivity contribution in [3.63, 3.8) is 0 Å². The summed E-state index contributed by atoms with van der Waals surface area (Å²) in [4.78, 5) is 0. The van der Waals surface area contributed by atoms with Crippen molar-refractivity contribution >= 4 is 16.5 Å². The second-order valence-corrected chi connectivity index (χ2v) is 6.66. The Hall–Kier alpha value is 0.860. The Bertz CT molecular complexity index is 43.8. The highest BCUT2D eigenvalue weighted by Gasteiger charge is 1.89. The summed E-state index contributed by atoms with van der Waals surface area (Å²) in [5.41, 5.74) is 0. The fourth-order valence-corrected chi connectivity index (χ4v) is 3.25. The molecule has 0 aromatic carbocycles. The summed E-state index contributed by atoms with van der Waals surface area (Å²) in [6.07, 6.45) is 2.84. The molecule has 0 heterocycles. The van der Waals surface area contributed by atoms with Crippen LogP contribution in [0.4, 0.5) is 0 Å². The summed E-state index contributed by atoms with van der Waals surface area (Å²) in [6.45, 7) is 6.98. The molecule has 0 nitrogen and oxygen atoms in total. The highest BCUT2D eigenvalue weighted by Crippen LogP contribution is 2.33. The molecule has 0 radical (unpaired) electrons. The lowest BCUT2D eigenvalue weighted by Crippen LogP contribution is -1.73. The van der Waals surface area contributed by atoms with E-state index in [0.717, 1.165) is 0 Å². The molecule has 1 unspecified atom stereocenters. The molecule has 0 aliphatic carbocycles. The van der Waals surface area contributed by atoms with Crippen LogP contribution >= 0.6 is 16.5 Å². The van der Waals surface area contributed by atoms with E-state index in [0.29, 0.717) is 7.92 Å². The molecule has 2 heteroatoms. The van der Waals surface area contributed by atoms with Gasteiger partial charge in [0.2, 0.25) is 0 Å². The van der Waals surface area contributed by atoms with Crippen molar-refractivity contribution in [2.45, 2.75) is 13.3 Å². The molecule has 0 saturated heterocycles. The zero-order chi connectivity index (χ0) is 6.41. The van der Waals surface area contributed by atoms with E-state index in [2.05, 4.69) is 20.3 Å². The molecule has 0 aromatic heterocycles. The molecule has 0 aliphatic rings. The lowest BCUT2D eigenvalue weighted by atomic mass is 10.6. The Labute approximate surface area is 56.0 Å². The predicted octanol–water partition coefficient (Wildman–Crippen LogP) is 2.77. The Balaban J connectivity index is 2.72. The van der Waals surface area contributed by atoms with Gasteiger partial charge in [-0.25, -0.2) is 0 Å². The Morgan fingerprint density at radius 3 is 2.38 bits per heavy atom. The van der Waals surface area contributed by atoms with Crippen molar-refractivity contribution in [1.82, 2.24) is 0 Å². The average Bonchev–Trinajstić information content (AvgIpc) is 1.66. The van der Waals surface area contributed by atoms with Crippen LogP contribution in [0.25, 0.3) is 0 Å². The van der Waals surface area contributed by atoms with Gasteiger partial charge in [0.15, 0.2) is 0 Å². The molecular weight excluding hydrogens is 134 g/mol. The summed E-state index contributed by atoms with van der Waals surface area (Å²) in [5.74, 6) is 1.50. The van der Waals surface area contributed by atoms with E-state index >= 15 is 0 Å². The van der Waals surface area contributed by atoms with Crippen molar-refractivity contribution in [3.8, 4) is 0 Å². The molecular formula is C6H16P2. The van der Waals surface area contributed by atoms with Gasteiger partial charge in [-0.3, -0.25) is 0 Å². The third kappa shape index (κ3) is 6.86. The minimum atomic E-state index is 0.400. The molecule has 0 aliphatic heterocycles. The quantitative estimate of drug-likeness (QED) is 0.427. The van der Waals surface area contributed by atoms with Gasteiger partial charge < -0.3 is 0 Å². The third-order valence-corrected chi connectivity index (χ3v) is 5.13. The molecule has 0 N–H and O–H groups in total. The van der Waals surface area contributed by atoms with E-state index in [1.165, 1.54) is 27.1 Å². The van der Waals surface area contributed by atoms with Crippen LogP contribution in [0.3, 0.4) is 0 Å². The van der Waals surface area contributed by atoms with Gasteiger partial charge >= 0.3 is 0 Å². The van der Waals surface area contributed by atoms with Crippen molar-refractivity contribution < 1.29 is 0 Å². The zero-order valence-electron chi connectivity index (χ0n) is 6.07. The summed E-state index contributed by atoms with van der Waals surface area (Å²) in [5, 5.41) is 0. The highest BCUT2D eigenvalue weighted by molar-refractivity contribution is 7.66. The van der Waals surface area contributed by atoms with Crippen LogP contribution in [0.5, 0.6) is 0 Å². The van der Waals surface area contributed by atoms with Gasteiger partial charge in [0.25, 0.3) is 0 Å². The standard InChI is InChI=1S/C6H16P2/c1-4-5-7-6-8(2)3/h7H,4-6H2,1-3H3. The van der Waals surface area contributed by atoms with Crippen molar-refractivity contribution in [2.24, 2.45) is 0 Å². The maximum atomic E-state index is 2.36. The smallest absolute Gasteiger partial charge is 0.0153 e. The molecule has 0 bridgehead atoms. The van der Waals surface area contributed by atoms with Gasteiger partial charge in [-0.05, 0) is 25.4 Å². The highest BCUT2D eigenvalue weighted by atomic mass is 31.2. The van der Waals surface area contributed by atoms with Gasteiger partial charge in [-0.1, -0.05) is 13.3 Å². The Kier molecular flexibility index (Phi) is 6.63. The lowest BCUT2D eigenvalue weighted by molar-refractivity contribution is 1.10. The first-order valence-corrected chi connectivity index (χ1v) is 6.96. The van der Waals surface area contributed by atoms with Crippen molar-refractivity contribution in [2.75, 3.05) is 25.4 Å². The largest absolute Gasteiger partial charge is 0.118 e. The van der Waals surface area contributed by atoms with Crippen LogP contribution in [0.2, 0.25) is 0 Å². The van der Waals surface area contributed by atoms with Crippen LogP contribution < -0.4 is 0 Å². The summed E-state index contributed by atoms with van der Waals surface area (Å²) < 4.78 is 0. The normalized spacial score (nSPS) is 12.0. The second kappa shape index (κ2) is 5.99. The van der Waals surface area contributed by atoms with Gasteiger partial charge in [0.1, 0.15) is 0 Å². The van der Waals surface area contributed by atoms with E-state index < -0.39 is 0 Å². The zero-order valence-corrected chi connectivity index (χ0v) is 7.96. The van der Waals surface area contributed by atoms with Gasteiger partial charge in [-0.2, -0.15) is 0 Å². The maximum Gasteiger partial charge on any atom is -0.0153 e. The lowest BCUT2D eigenvalue weighted by Gasteiger charge is -2.02. The average molecular weight is 150 g/mol. The van der Waals surface area contributed by atoms with Crippen LogP contribution in [0.1, 0.15) is 13.3 Å². The first-order valence-electron chi connectivity index (χ1n) is 3.12. The third-order valence-electron chi connectivity index (χ3n) is 0.855. The van der Waals surface area contributed by atoms with Crippen LogP contribution in [-0.2, 0) is 0 Å². The first kappa shape index (κ1) is 8.86. The molecule has 50 valence electrons. The van der Waals surface area contributed by atoms with Crippen molar-refractivity contribution in [3.05, 3.63) is 0 Å². The molecule has 0 amide bonds. The molecule has 0 spiro atoms. The van der Waals surface area contributed by atoms with E-state index in [1.54, 1.807) is 0 Å². The SMILES string of the molecule is CCCPCP(C)C. The molecule has 0 fully saturated rings. The fraction of sp³-hybridized carbons (Fsp3) is 1.00. The van der Waals surface area contributed by atoms with Crippen LogP contribution in [0.15, 0.2) is 0 Å². The van der Waals surface area contributed by atoms with Gasteiger partial charge in [0.05, 0.1) is 0 Å². The number of hydrogen-bond acceptors (Lipinski definition) is 0. The predicted molar refractivity (Wildman–Crippen MR) is 47.1 cm³/mol. The summed E-state index contributed by atoms with van der Waals surface area (Å²) >= 11 is 0. The maximum absolute atomic E-state index is 2.36. The van der Waals surface area contributed by atoms with Gasteiger partial charge in [-0.15, -0.1) is 16.5 Å². The van der Waals surface area contributed by atoms with Crippen LogP contribution in [0, 0.1) is 0 Å². The molecule has 0 rings (SSSR count). The van der Waals surface area contributed by atoms with E-state index in [-0.39, 0.29) is 0 Å². The molecule has 0 saturated carbocycles. The summed E-state index contributed by atoms with van der Waals surface area (Å²) in [6, 6.07) is 0. The Morgan fingerprint density at radius 2 is 2.00 bits per heavy atom. The minimum absolute atomic E-state index is 0.400. The number of hydrogen-bond donors (Lipinski definition) is 0. The second-order valence-electron chi connectivity index (χ2n) is 2.24. The number of rotatable bonds is 4.